The average molecular weight is 319 g/mol. The lowest BCUT2D eigenvalue weighted by Crippen LogP contribution is -2.26. The number of hydrogen-bond acceptors (Lipinski definition) is 5. The zero-order chi connectivity index (χ0) is 16.3. The molecule has 0 aliphatic heterocycles. The summed E-state index contributed by atoms with van der Waals surface area (Å²) in [4.78, 5) is 24.1. The molecule has 0 radical (unpaired) electrons. The van der Waals surface area contributed by atoms with Crippen LogP contribution >= 0.6 is 11.6 Å². The van der Waals surface area contributed by atoms with Crippen molar-refractivity contribution in [3.05, 3.63) is 46.1 Å². The number of hydrogen-bond donors (Lipinski definition) is 1. The molecule has 0 amide bonds. The minimum absolute atomic E-state index is 0.113. The highest BCUT2D eigenvalue weighted by molar-refractivity contribution is 6.30. The summed E-state index contributed by atoms with van der Waals surface area (Å²) in [6.45, 7) is 0.972. The molecule has 0 saturated heterocycles. The molecule has 1 fully saturated rings. The van der Waals surface area contributed by atoms with Crippen LogP contribution < -0.4 is 5.73 Å². The molecule has 22 heavy (non-hydrogen) atoms. The Labute approximate surface area is 133 Å². The Morgan fingerprint density at radius 1 is 1.36 bits per heavy atom. The molecule has 6 heteroatoms. The maximum absolute atomic E-state index is 12.3. The summed E-state index contributed by atoms with van der Waals surface area (Å²) in [5.41, 5.74) is 5.50. The smallest absolute Gasteiger partial charge is 0.317 e. The Morgan fingerprint density at radius 3 is 2.41 bits per heavy atom. The number of ketones is 1. The van der Waals surface area contributed by atoms with E-state index < -0.39 is 23.8 Å². The first kappa shape index (κ1) is 16.1. The molecule has 2 N–H and O–H groups in total. The maximum Gasteiger partial charge on any atom is 0.317 e. The van der Waals surface area contributed by atoms with Gasteiger partial charge in [-0.05, 0) is 37.5 Å². The summed E-state index contributed by atoms with van der Waals surface area (Å²) in [7, 11) is 0. The van der Waals surface area contributed by atoms with Gasteiger partial charge in [-0.15, -0.1) is 0 Å². The first-order valence-corrected chi connectivity index (χ1v) is 7.11. The number of nitriles is 1. The van der Waals surface area contributed by atoms with Crippen molar-refractivity contribution in [1.82, 2.24) is 0 Å². The second kappa shape index (κ2) is 6.20. The normalized spacial score (nSPS) is 16.2. The zero-order valence-electron chi connectivity index (χ0n) is 12.1. The van der Waals surface area contributed by atoms with Crippen molar-refractivity contribution in [3.63, 3.8) is 0 Å². The molecule has 5 nitrogen and oxygen atoms in total. The van der Waals surface area contributed by atoms with Crippen LogP contribution in [0, 0.1) is 11.3 Å². The average Bonchev–Trinajstić information content (AvgIpc) is 3.27. The first-order chi connectivity index (χ1) is 10.4. The Bertz CT molecular complexity index is 678. The Kier molecular flexibility index (Phi) is 4.53. The van der Waals surface area contributed by atoms with E-state index in [2.05, 4.69) is 0 Å². The van der Waals surface area contributed by atoms with Gasteiger partial charge in [-0.1, -0.05) is 23.7 Å². The monoisotopic (exact) mass is 318 g/mol. The van der Waals surface area contributed by atoms with Crippen LogP contribution in [0.25, 0.3) is 0 Å². The van der Waals surface area contributed by atoms with E-state index in [1.54, 1.807) is 30.3 Å². The second-order valence-electron chi connectivity index (χ2n) is 5.26. The molecule has 1 aromatic carbocycles. The predicted octanol–water partition coefficient (Wildman–Crippen LogP) is 2.24. The molecular weight excluding hydrogens is 304 g/mol. The van der Waals surface area contributed by atoms with E-state index in [4.69, 9.17) is 27.3 Å². The highest BCUT2D eigenvalue weighted by Crippen LogP contribution is 2.49. The SMILES string of the molecule is C/C(N)=C(/C#N)C(=O)COC(=O)C1(c2ccc(Cl)cc2)CC1. The lowest BCUT2D eigenvalue weighted by molar-refractivity contribution is -0.149. The Balaban J connectivity index is 2.04. The number of nitrogens with zero attached hydrogens (tertiary/aromatic N) is 1. The van der Waals surface area contributed by atoms with Crippen LogP contribution in [-0.4, -0.2) is 18.4 Å². The number of nitrogens with two attached hydrogens (primary N) is 1. The number of Topliss-reactive ketones (excluding diaryl/α,β-unsaturated/α-hetero) is 1. The topological polar surface area (TPSA) is 93.2 Å². The number of allylic oxidation sites excluding steroid dienone is 1. The first-order valence-electron chi connectivity index (χ1n) is 6.73. The van der Waals surface area contributed by atoms with Gasteiger partial charge in [-0.25, -0.2) is 0 Å². The predicted molar refractivity (Wildman–Crippen MR) is 80.8 cm³/mol. The van der Waals surface area contributed by atoms with Gasteiger partial charge in [-0.3, -0.25) is 9.59 Å². The van der Waals surface area contributed by atoms with Gasteiger partial charge in [0.15, 0.2) is 6.61 Å². The summed E-state index contributed by atoms with van der Waals surface area (Å²) in [6, 6.07) is 8.70. The molecule has 0 unspecified atom stereocenters. The number of benzene rings is 1. The van der Waals surface area contributed by atoms with Gasteiger partial charge in [0.1, 0.15) is 11.6 Å². The zero-order valence-corrected chi connectivity index (χ0v) is 12.8. The van der Waals surface area contributed by atoms with Gasteiger partial charge < -0.3 is 10.5 Å². The molecule has 0 aromatic heterocycles. The summed E-state index contributed by atoms with van der Waals surface area (Å²) in [6.07, 6.45) is 1.33. The van der Waals surface area contributed by atoms with E-state index in [1.165, 1.54) is 6.92 Å². The van der Waals surface area contributed by atoms with Gasteiger partial charge in [0.25, 0.3) is 0 Å². The fourth-order valence-electron chi connectivity index (χ4n) is 2.22. The third-order valence-corrected chi connectivity index (χ3v) is 3.91. The number of carbonyl (C=O) groups excluding carboxylic acids is 2. The minimum Gasteiger partial charge on any atom is -0.457 e. The van der Waals surface area contributed by atoms with Crippen LogP contribution in [0.1, 0.15) is 25.3 Å². The largest absolute Gasteiger partial charge is 0.457 e. The maximum atomic E-state index is 12.3. The van der Waals surface area contributed by atoms with Crippen molar-refractivity contribution in [3.8, 4) is 6.07 Å². The molecule has 1 aliphatic rings. The highest BCUT2D eigenvalue weighted by atomic mass is 35.5. The summed E-state index contributed by atoms with van der Waals surface area (Å²) in [5, 5.41) is 9.43. The standard InChI is InChI=1S/C16H15ClN2O3/c1-10(19)13(8-18)14(20)9-22-15(21)16(6-7-16)11-2-4-12(17)5-3-11/h2-5H,6-7,9,19H2,1H3/b13-10+. The fraction of sp³-hybridized carbons (Fsp3) is 0.312. The molecule has 0 spiro atoms. The number of carbonyl (C=O) groups is 2. The Morgan fingerprint density at radius 2 is 1.95 bits per heavy atom. The van der Waals surface area contributed by atoms with E-state index in [-0.39, 0.29) is 11.3 Å². The molecule has 2 rings (SSSR count). The van der Waals surface area contributed by atoms with E-state index in [1.807, 2.05) is 0 Å². The second-order valence-corrected chi connectivity index (χ2v) is 5.69. The van der Waals surface area contributed by atoms with E-state index >= 15 is 0 Å². The van der Waals surface area contributed by atoms with Crippen molar-refractivity contribution < 1.29 is 14.3 Å². The van der Waals surface area contributed by atoms with Gasteiger partial charge in [0.05, 0.1) is 5.41 Å². The molecule has 0 bridgehead atoms. The van der Waals surface area contributed by atoms with E-state index in [0.717, 1.165) is 5.56 Å². The number of ether oxygens (including phenoxy) is 1. The number of halogens is 1. The highest BCUT2D eigenvalue weighted by Gasteiger charge is 2.52. The van der Waals surface area contributed by atoms with Crippen molar-refractivity contribution in [2.24, 2.45) is 5.73 Å². The van der Waals surface area contributed by atoms with E-state index in [0.29, 0.717) is 17.9 Å². The third-order valence-electron chi connectivity index (χ3n) is 3.66. The van der Waals surface area contributed by atoms with Gasteiger partial charge in [0.2, 0.25) is 5.78 Å². The van der Waals surface area contributed by atoms with Crippen LogP contribution in [-0.2, 0) is 19.7 Å². The van der Waals surface area contributed by atoms with Gasteiger partial charge in [0, 0.05) is 10.7 Å². The van der Waals surface area contributed by atoms with Gasteiger partial charge >= 0.3 is 5.97 Å². The van der Waals surface area contributed by atoms with E-state index in [9.17, 15) is 9.59 Å². The molecule has 114 valence electrons. The quantitative estimate of drug-likeness (QED) is 0.510. The number of esters is 1. The molecule has 1 saturated carbocycles. The van der Waals surface area contributed by atoms with Crippen LogP contribution in [0.5, 0.6) is 0 Å². The number of rotatable bonds is 5. The minimum atomic E-state index is -0.695. The third kappa shape index (κ3) is 3.12. The summed E-state index contributed by atoms with van der Waals surface area (Å²) < 4.78 is 5.09. The van der Waals surface area contributed by atoms with Crippen molar-refractivity contribution >= 4 is 23.4 Å². The molecule has 1 aliphatic carbocycles. The van der Waals surface area contributed by atoms with Crippen molar-refractivity contribution in [1.29, 1.82) is 5.26 Å². The van der Waals surface area contributed by atoms with Crippen LogP contribution in [0.15, 0.2) is 35.5 Å². The van der Waals surface area contributed by atoms with Crippen LogP contribution in [0.4, 0.5) is 0 Å². The van der Waals surface area contributed by atoms with Gasteiger partial charge in [-0.2, -0.15) is 5.26 Å². The molecule has 0 heterocycles. The lowest BCUT2D eigenvalue weighted by Gasteiger charge is -2.14. The fourth-order valence-corrected chi connectivity index (χ4v) is 2.34. The van der Waals surface area contributed by atoms with Crippen molar-refractivity contribution in [2.75, 3.05) is 6.61 Å². The summed E-state index contributed by atoms with van der Waals surface area (Å²) in [5.74, 6) is -1.06. The van der Waals surface area contributed by atoms with Crippen LogP contribution in [0.2, 0.25) is 5.02 Å². The lowest BCUT2D eigenvalue weighted by atomic mass is 9.96. The van der Waals surface area contributed by atoms with Crippen molar-refractivity contribution in [2.45, 2.75) is 25.2 Å². The molecule has 1 aromatic rings. The molecular formula is C16H15ClN2O3. The Hall–Kier alpha value is -2.32. The van der Waals surface area contributed by atoms with Crippen LogP contribution in [0.3, 0.4) is 0 Å². The molecule has 0 atom stereocenters. The summed E-state index contributed by atoms with van der Waals surface area (Å²) >= 11 is 5.84.